The second-order valence-electron chi connectivity index (χ2n) is 4.44. The number of carboxylic acid groups (broad SMARTS) is 1. The Morgan fingerprint density at radius 1 is 1.29 bits per heavy atom. The van der Waals surface area contributed by atoms with Crippen molar-refractivity contribution >= 4 is 24.3 Å². The zero-order chi connectivity index (χ0) is 15.3. The van der Waals surface area contributed by atoms with E-state index in [2.05, 4.69) is 5.32 Å². The van der Waals surface area contributed by atoms with E-state index >= 15 is 0 Å². The minimum atomic E-state index is -1.20. The minimum absolute atomic E-state index is 0. The fourth-order valence-electron chi connectivity index (χ4n) is 1.60. The Balaban J connectivity index is 0.00000400. The number of benzene rings is 1. The summed E-state index contributed by atoms with van der Waals surface area (Å²) in [5.74, 6) is -2.38. The van der Waals surface area contributed by atoms with Gasteiger partial charge >= 0.3 is 5.97 Å². The van der Waals surface area contributed by atoms with Crippen molar-refractivity contribution in [3.05, 3.63) is 23.8 Å². The average Bonchev–Trinajstić information content (AvgIpc) is 2.40. The van der Waals surface area contributed by atoms with E-state index in [1.54, 1.807) is 6.92 Å². The molecule has 1 amide bonds. The van der Waals surface area contributed by atoms with E-state index in [1.807, 2.05) is 0 Å². The summed E-state index contributed by atoms with van der Waals surface area (Å²) in [6, 6.07) is 2.06. The van der Waals surface area contributed by atoms with Crippen molar-refractivity contribution in [2.45, 2.75) is 31.8 Å². The molecule has 6 N–H and O–H groups in total. The van der Waals surface area contributed by atoms with E-state index in [0.29, 0.717) is 12.0 Å². The Hall–Kier alpha value is -1.99. The molecule has 0 spiro atoms. The van der Waals surface area contributed by atoms with Gasteiger partial charge in [0.05, 0.1) is 6.04 Å². The number of aromatic hydroxyl groups is 2. The van der Waals surface area contributed by atoms with Gasteiger partial charge in [-0.05, 0) is 24.1 Å². The third-order valence-electron chi connectivity index (χ3n) is 2.87. The van der Waals surface area contributed by atoms with Gasteiger partial charge in [0.25, 0.3) is 0 Å². The summed E-state index contributed by atoms with van der Waals surface area (Å²) in [6.07, 6.45) is 0.378. The lowest BCUT2D eigenvalue weighted by molar-refractivity contribution is -0.142. The van der Waals surface area contributed by atoms with Crippen LogP contribution in [0.2, 0.25) is 0 Å². The molecule has 0 aliphatic carbocycles. The molecule has 2 atom stereocenters. The van der Waals surface area contributed by atoms with Crippen molar-refractivity contribution in [3.8, 4) is 11.5 Å². The lowest BCUT2D eigenvalue weighted by atomic mass is 10.0. The first-order valence-electron chi connectivity index (χ1n) is 6.14. The molecule has 0 aliphatic rings. The number of phenolic OH excluding ortho intramolecular Hbond substituents is 2. The van der Waals surface area contributed by atoms with Crippen molar-refractivity contribution in [1.82, 2.24) is 5.32 Å². The highest BCUT2D eigenvalue weighted by Gasteiger charge is 2.23. The van der Waals surface area contributed by atoms with Crippen LogP contribution < -0.4 is 11.1 Å². The Bertz CT molecular complexity index is 509. The first-order valence-corrected chi connectivity index (χ1v) is 6.14. The summed E-state index contributed by atoms with van der Waals surface area (Å²) < 4.78 is 0. The smallest absolute Gasteiger partial charge is 0.326 e. The number of nitrogens with two attached hydrogens (primary N) is 1. The molecule has 8 heteroatoms. The average molecular weight is 319 g/mol. The lowest BCUT2D eigenvalue weighted by Crippen LogP contribution is -2.49. The zero-order valence-corrected chi connectivity index (χ0v) is 12.3. The Labute approximate surface area is 128 Å². The van der Waals surface area contributed by atoms with Gasteiger partial charge < -0.3 is 26.4 Å². The van der Waals surface area contributed by atoms with Crippen LogP contribution >= 0.6 is 12.4 Å². The maximum Gasteiger partial charge on any atom is 0.326 e. The molecule has 1 aromatic carbocycles. The normalized spacial score (nSPS) is 12.9. The first kappa shape index (κ1) is 19.0. The van der Waals surface area contributed by atoms with Crippen LogP contribution in [0.4, 0.5) is 0 Å². The Morgan fingerprint density at radius 3 is 2.38 bits per heavy atom. The van der Waals surface area contributed by atoms with Crippen LogP contribution in [0.1, 0.15) is 18.9 Å². The van der Waals surface area contributed by atoms with Crippen molar-refractivity contribution in [2.75, 3.05) is 0 Å². The third kappa shape index (κ3) is 5.49. The standard InChI is InChI=1S/C13H18N2O5.ClH/c1-2-8(14)12(18)15-9(13(19)20)5-7-3-4-10(16)11(17)6-7;/h3-4,6,8-9,16-17H,2,5,14H2,1H3,(H,15,18)(H,19,20);1H/t8-,9-;/m0./s1. The maximum atomic E-state index is 11.6. The highest BCUT2D eigenvalue weighted by Crippen LogP contribution is 2.25. The molecule has 7 nitrogen and oxygen atoms in total. The Kier molecular flexibility index (Phi) is 7.54. The van der Waals surface area contributed by atoms with Crippen molar-refractivity contribution in [2.24, 2.45) is 5.73 Å². The van der Waals surface area contributed by atoms with E-state index in [9.17, 15) is 19.8 Å². The predicted octanol–water partition coefficient (Wildman–Crippen LogP) is 0.369. The quantitative estimate of drug-likeness (QED) is 0.481. The van der Waals surface area contributed by atoms with E-state index in [0.717, 1.165) is 0 Å². The highest BCUT2D eigenvalue weighted by molar-refractivity contribution is 5.86. The molecule has 0 unspecified atom stereocenters. The number of phenols is 2. The van der Waals surface area contributed by atoms with Gasteiger partial charge in [0.1, 0.15) is 6.04 Å². The molecule has 118 valence electrons. The van der Waals surface area contributed by atoms with Gasteiger partial charge in [0.2, 0.25) is 5.91 Å². The van der Waals surface area contributed by atoms with Gasteiger partial charge in [-0.1, -0.05) is 13.0 Å². The molecule has 0 heterocycles. The second-order valence-corrected chi connectivity index (χ2v) is 4.44. The number of nitrogens with one attached hydrogen (secondary N) is 1. The van der Waals surface area contributed by atoms with Gasteiger partial charge in [-0.15, -0.1) is 12.4 Å². The van der Waals surface area contributed by atoms with Crippen LogP contribution in [0.25, 0.3) is 0 Å². The summed E-state index contributed by atoms with van der Waals surface area (Å²) in [4.78, 5) is 22.7. The monoisotopic (exact) mass is 318 g/mol. The number of carbonyl (C=O) groups is 2. The fourth-order valence-corrected chi connectivity index (χ4v) is 1.60. The Morgan fingerprint density at radius 2 is 1.90 bits per heavy atom. The molecule has 0 fully saturated rings. The third-order valence-corrected chi connectivity index (χ3v) is 2.87. The number of rotatable bonds is 6. The summed E-state index contributed by atoms with van der Waals surface area (Å²) in [5.41, 5.74) is 5.99. The molecular formula is C13H19ClN2O5. The molecule has 0 aliphatic heterocycles. The van der Waals surface area contributed by atoms with Gasteiger partial charge in [-0.25, -0.2) is 4.79 Å². The van der Waals surface area contributed by atoms with E-state index in [1.165, 1.54) is 18.2 Å². The summed E-state index contributed by atoms with van der Waals surface area (Å²) in [5, 5.41) is 30.0. The highest BCUT2D eigenvalue weighted by atomic mass is 35.5. The SMILES string of the molecule is CC[C@H](N)C(=O)N[C@@H](Cc1ccc(O)c(O)c1)C(=O)O.Cl. The molecule has 0 aromatic heterocycles. The topological polar surface area (TPSA) is 133 Å². The number of hydrogen-bond acceptors (Lipinski definition) is 5. The molecule has 0 radical (unpaired) electrons. The van der Waals surface area contributed by atoms with Crippen LogP contribution in [0.15, 0.2) is 18.2 Å². The molecule has 0 saturated heterocycles. The molecular weight excluding hydrogens is 300 g/mol. The number of hydrogen-bond donors (Lipinski definition) is 5. The number of carboxylic acids is 1. The molecule has 1 aromatic rings. The summed E-state index contributed by atoms with van der Waals surface area (Å²) in [6.45, 7) is 1.72. The van der Waals surface area contributed by atoms with Crippen LogP contribution in [0, 0.1) is 0 Å². The minimum Gasteiger partial charge on any atom is -0.504 e. The maximum absolute atomic E-state index is 11.6. The van der Waals surface area contributed by atoms with E-state index in [4.69, 9.17) is 10.8 Å². The van der Waals surface area contributed by atoms with Crippen LogP contribution in [0.3, 0.4) is 0 Å². The van der Waals surface area contributed by atoms with Crippen LogP contribution in [-0.4, -0.2) is 39.3 Å². The predicted molar refractivity (Wildman–Crippen MR) is 78.6 cm³/mol. The number of halogens is 1. The summed E-state index contributed by atoms with van der Waals surface area (Å²) >= 11 is 0. The van der Waals surface area contributed by atoms with Crippen LogP contribution in [-0.2, 0) is 16.0 Å². The number of amides is 1. The summed E-state index contributed by atoms with van der Waals surface area (Å²) in [7, 11) is 0. The van der Waals surface area contributed by atoms with Gasteiger partial charge in [-0.3, -0.25) is 4.79 Å². The second kappa shape index (κ2) is 8.33. The van der Waals surface area contributed by atoms with Gasteiger partial charge in [0, 0.05) is 6.42 Å². The van der Waals surface area contributed by atoms with Gasteiger partial charge in [0.15, 0.2) is 11.5 Å². The first-order chi connectivity index (χ1) is 9.35. The van der Waals surface area contributed by atoms with E-state index in [-0.39, 0.29) is 30.3 Å². The number of aliphatic carboxylic acids is 1. The molecule has 1 rings (SSSR count). The zero-order valence-electron chi connectivity index (χ0n) is 11.4. The molecule has 0 bridgehead atoms. The number of carbonyl (C=O) groups excluding carboxylic acids is 1. The van der Waals surface area contributed by atoms with Crippen molar-refractivity contribution < 1.29 is 24.9 Å². The van der Waals surface area contributed by atoms with Crippen molar-refractivity contribution in [3.63, 3.8) is 0 Å². The van der Waals surface area contributed by atoms with Crippen molar-refractivity contribution in [1.29, 1.82) is 0 Å². The molecule has 0 saturated carbocycles. The fraction of sp³-hybridized carbons (Fsp3) is 0.385. The van der Waals surface area contributed by atoms with Crippen LogP contribution in [0.5, 0.6) is 11.5 Å². The van der Waals surface area contributed by atoms with E-state index < -0.39 is 24.0 Å². The lowest BCUT2D eigenvalue weighted by Gasteiger charge is -2.17. The van der Waals surface area contributed by atoms with Gasteiger partial charge in [-0.2, -0.15) is 0 Å². The largest absolute Gasteiger partial charge is 0.504 e. The molecule has 21 heavy (non-hydrogen) atoms.